The molecule has 88 valence electrons. The van der Waals surface area contributed by atoms with Crippen LogP contribution in [-0.4, -0.2) is 15.0 Å². The van der Waals surface area contributed by atoms with Crippen LogP contribution in [0.2, 0.25) is 0 Å². The van der Waals surface area contributed by atoms with E-state index in [1.807, 2.05) is 39.0 Å². The van der Waals surface area contributed by atoms with Crippen LogP contribution in [0.1, 0.15) is 26.5 Å². The topological polar surface area (TPSA) is 58.6 Å². The molecule has 0 spiro atoms. The van der Waals surface area contributed by atoms with Crippen molar-refractivity contribution in [3.05, 3.63) is 46.5 Å². The van der Waals surface area contributed by atoms with Gasteiger partial charge in [-0.2, -0.15) is 0 Å². The SMILES string of the molecule is CC(C)(C)c1cc(=O)[nH]c(-c2ccccn2)n1. The number of nitrogens with one attached hydrogen (secondary N) is 1. The van der Waals surface area contributed by atoms with E-state index in [-0.39, 0.29) is 11.0 Å². The Kier molecular flexibility index (Phi) is 2.79. The van der Waals surface area contributed by atoms with Crippen LogP contribution in [0.4, 0.5) is 0 Å². The van der Waals surface area contributed by atoms with Gasteiger partial charge in [0.2, 0.25) is 0 Å². The predicted octanol–water partition coefficient (Wildman–Crippen LogP) is 2.13. The first-order valence-corrected chi connectivity index (χ1v) is 5.50. The molecule has 0 bridgehead atoms. The van der Waals surface area contributed by atoms with Crippen molar-refractivity contribution in [2.45, 2.75) is 26.2 Å². The van der Waals surface area contributed by atoms with Gasteiger partial charge in [0, 0.05) is 17.7 Å². The minimum atomic E-state index is -0.155. The highest BCUT2D eigenvalue weighted by atomic mass is 16.1. The van der Waals surface area contributed by atoms with Crippen LogP contribution in [0, 0.1) is 0 Å². The lowest BCUT2D eigenvalue weighted by atomic mass is 9.92. The van der Waals surface area contributed by atoms with E-state index in [1.54, 1.807) is 6.20 Å². The molecule has 2 aromatic heterocycles. The standard InChI is InChI=1S/C13H15N3O/c1-13(2,3)10-8-11(17)16-12(15-10)9-6-4-5-7-14-9/h4-8H,1-3H3,(H,15,16,17). The summed E-state index contributed by atoms with van der Waals surface area (Å²) in [5.74, 6) is 0.517. The van der Waals surface area contributed by atoms with E-state index >= 15 is 0 Å². The van der Waals surface area contributed by atoms with Gasteiger partial charge in [-0.3, -0.25) is 9.78 Å². The van der Waals surface area contributed by atoms with E-state index in [1.165, 1.54) is 6.07 Å². The molecule has 0 aliphatic rings. The Morgan fingerprint density at radius 2 is 2.00 bits per heavy atom. The Bertz CT molecular complexity index is 567. The average Bonchev–Trinajstić information content (AvgIpc) is 2.28. The second kappa shape index (κ2) is 4.13. The lowest BCUT2D eigenvalue weighted by Gasteiger charge is -2.17. The lowest BCUT2D eigenvalue weighted by molar-refractivity contribution is 0.566. The number of H-pyrrole nitrogens is 1. The molecule has 1 N–H and O–H groups in total. The molecule has 0 saturated heterocycles. The first-order chi connectivity index (χ1) is 7.97. The zero-order chi connectivity index (χ0) is 12.5. The van der Waals surface area contributed by atoms with Gasteiger partial charge in [0.05, 0.1) is 5.69 Å². The monoisotopic (exact) mass is 229 g/mol. The molecule has 4 nitrogen and oxygen atoms in total. The van der Waals surface area contributed by atoms with Gasteiger partial charge in [-0.15, -0.1) is 0 Å². The van der Waals surface area contributed by atoms with E-state index in [0.717, 1.165) is 5.69 Å². The quantitative estimate of drug-likeness (QED) is 0.815. The third-order valence-electron chi connectivity index (χ3n) is 2.42. The maximum atomic E-state index is 11.6. The van der Waals surface area contributed by atoms with E-state index in [0.29, 0.717) is 11.5 Å². The molecule has 2 rings (SSSR count). The van der Waals surface area contributed by atoms with Crippen LogP contribution in [0.25, 0.3) is 11.5 Å². The second-order valence-electron chi connectivity index (χ2n) is 4.94. The molecule has 17 heavy (non-hydrogen) atoms. The fourth-order valence-corrected chi connectivity index (χ4v) is 1.47. The van der Waals surface area contributed by atoms with Crippen LogP contribution in [0.5, 0.6) is 0 Å². The Labute approximate surface area is 99.8 Å². The first kappa shape index (κ1) is 11.5. The second-order valence-corrected chi connectivity index (χ2v) is 4.94. The van der Waals surface area contributed by atoms with Gasteiger partial charge in [-0.25, -0.2) is 4.98 Å². The van der Waals surface area contributed by atoms with E-state index < -0.39 is 0 Å². The zero-order valence-electron chi connectivity index (χ0n) is 10.2. The number of aromatic nitrogens is 3. The van der Waals surface area contributed by atoms with Gasteiger partial charge in [0.25, 0.3) is 5.56 Å². The molecule has 0 aliphatic heterocycles. The van der Waals surface area contributed by atoms with Crippen LogP contribution in [0.3, 0.4) is 0 Å². The number of hydrogen-bond donors (Lipinski definition) is 1. The van der Waals surface area contributed by atoms with Crippen molar-refractivity contribution in [3.8, 4) is 11.5 Å². The van der Waals surface area contributed by atoms with E-state index in [4.69, 9.17) is 0 Å². The molecule has 0 saturated carbocycles. The molecule has 0 atom stereocenters. The van der Waals surface area contributed by atoms with Gasteiger partial charge in [0.15, 0.2) is 5.82 Å². The maximum Gasteiger partial charge on any atom is 0.251 e. The summed E-state index contributed by atoms with van der Waals surface area (Å²) in [6, 6.07) is 7.05. The summed E-state index contributed by atoms with van der Waals surface area (Å²) < 4.78 is 0. The number of pyridine rings is 1. The first-order valence-electron chi connectivity index (χ1n) is 5.50. The van der Waals surface area contributed by atoms with E-state index in [2.05, 4.69) is 15.0 Å². The molecule has 0 aromatic carbocycles. The van der Waals surface area contributed by atoms with Crippen molar-refractivity contribution in [2.75, 3.05) is 0 Å². The molecular formula is C13H15N3O. The summed E-state index contributed by atoms with van der Waals surface area (Å²) in [5, 5.41) is 0. The van der Waals surface area contributed by atoms with Gasteiger partial charge < -0.3 is 4.98 Å². The van der Waals surface area contributed by atoms with Crippen molar-refractivity contribution in [2.24, 2.45) is 0 Å². The molecule has 4 heteroatoms. The van der Waals surface area contributed by atoms with Crippen molar-refractivity contribution < 1.29 is 0 Å². The third kappa shape index (κ3) is 2.58. The predicted molar refractivity (Wildman–Crippen MR) is 66.8 cm³/mol. The van der Waals surface area contributed by atoms with Crippen molar-refractivity contribution in [1.82, 2.24) is 15.0 Å². The molecule has 0 amide bonds. The Morgan fingerprint density at radius 3 is 2.59 bits per heavy atom. The fraction of sp³-hybridized carbons (Fsp3) is 0.308. The maximum absolute atomic E-state index is 11.6. The van der Waals surface area contributed by atoms with Gasteiger partial charge in [-0.1, -0.05) is 26.8 Å². The summed E-state index contributed by atoms with van der Waals surface area (Å²) in [6.07, 6.45) is 1.68. The normalized spacial score (nSPS) is 11.5. The van der Waals surface area contributed by atoms with Gasteiger partial charge >= 0.3 is 0 Å². The molecule has 0 radical (unpaired) electrons. The summed E-state index contributed by atoms with van der Waals surface area (Å²) in [7, 11) is 0. The molecule has 2 aromatic rings. The summed E-state index contributed by atoms with van der Waals surface area (Å²) >= 11 is 0. The minimum absolute atomic E-state index is 0.148. The molecule has 0 fully saturated rings. The zero-order valence-corrected chi connectivity index (χ0v) is 10.2. The Balaban J connectivity index is 2.58. The number of aromatic amines is 1. The van der Waals surface area contributed by atoms with Gasteiger partial charge in [-0.05, 0) is 12.1 Å². The third-order valence-corrected chi connectivity index (χ3v) is 2.42. The molecule has 2 heterocycles. The fourth-order valence-electron chi connectivity index (χ4n) is 1.47. The number of nitrogens with zero attached hydrogens (tertiary/aromatic N) is 2. The van der Waals surface area contributed by atoms with E-state index in [9.17, 15) is 4.79 Å². The average molecular weight is 229 g/mol. The van der Waals surface area contributed by atoms with Crippen LogP contribution >= 0.6 is 0 Å². The largest absolute Gasteiger partial charge is 0.305 e. The summed E-state index contributed by atoms with van der Waals surface area (Å²) in [6.45, 7) is 6.07. The number of rotatable bonds is 1. The lowest BCUT2D eigenvalue weighted by Crippen LogP contribution is -2.20. The molecular weight excluding hydrogens is 214 g/mol. The molecule has 0 aliphatic carbocycles. The summed E-state index contributed by atoms with van der Waals surface area (Å²) in [5.41, 5.74) is 1.14. The highest BCUT2D eigenvalue weighted by molar-refractivity contribution is 5.48. The van der Waals surface area contributed by atoms with Crippen molar-refractivity contribution in [3.63, 3.8) is 0 Å². The summed E-state index contributed by atoms with van der Waals surface area (Å²) in [4.78, 5) is 23.0. The van der Waals surface area contributed by atoms with Crippen molar-refractivity contribution >= 4 is 0 Å². The van der Waals surface area contributed by atoms with Gasteiger partial charge in [0.1, 0.15) is 5.69 Å². The van der Waals surface area contributed by atoms with Crippen molar-refractivity contribution in [1.29, 1.82) is 0 Å². The minimum Gasteiger partial charge on any atom is -0.305 e. The van der Waals surface area contributed by atoms with Crippen LogP contribution in [-0.2, 0) is 5.41 Å². The Morgan fingerprint density at radius 1 is 1.24 bits per heavy atom. The number of hydrogen-bond acceptors (Lipinski definition) is 3. The molecule has 0 unspecified atom stereocenters. The smallest absolute Gasteiger partial charge is 0.251 e. The Hall–Kier alpha value is -1.97. The highest BCUT2D eigenvalue weighted by Crippen LogP contribution is 2.20. The highest BCUT2D eigenvalue weighted by Gasteiger charge is 2.17. The van der Waals surface area contributed by atoms with Crippen LogP contribution in [0.15, 0.2) is 35.3 Å². The van der Waals surface area contributed by atoms with Crippen LogP contribution < -0.4 is 5.56 Å².